The van der Waals surface area contributed by atoms with Gasteiger partial charge in [0.1, 0.15) is 3.74 Å². The molecule has 1 aromatic rings. The minimum absolute atomic E-state index is 0.171. The van der Waals surface area contributed by atoms with Crippen molar-refractivity contribution in [2.75, 3.05) is 5.73 Å². The lowest BCUT2D eigenvalue weighted by molar-refractivity contribution is -0.136. The molecule has 0 aliphatic heterocycles. The van der Waals surface area contributed by atoms with Gasteiger partial charge in [-0.1, -0.05) is 43.5 Å². The van der Waals surface area contributed by atoms with Gasteiger partial charge in [0.25, 0.3) is 0 Å². The molecule has 2 nitrogen and oxygen atoms in total. The highest BCUT2D eigenvalue weighted by Gasteiger charge is 2.35. The Bertz CT molecular complexity index is 462. The Kier molecular flexibility index (Phi) is 4.49. The number of halogens is 6. The summed E-state index contributed by atoms with van der Waals surface area (Å²) in [5, 5.41) is -0.302. The number of ketones is 1. The van der Waals surface area contributed by atoms with Crippen LogP contribution in [0.2, 0.25) is 5.02 Å². The third-order valence-electron chi connectivity index (χ3n) is 1.92. The van der Waals surface area contributed by atoms with E-state index in [4.69, 9.17) is 17.3 Å². The summed E-state index contributed by atoms with van der Waals surface area (Å²) in [7, 11) is 0. The largest absolute Gasteiger partial charge is 0.418 e. The molecule has 0 aliphatic carbocycles. The van der Waals surface area contributed by atoms with Gasteiger partial charge in [-0.05, 0) is 12.1 Å². The summed E-state index contributed by atoms with van der Waals surface area (Å²) in [6.07, 6.45) is -4.65. The van der Waals surface area contributed by atoms with Crippen LogP contribution in [0.5, 0.6) is 0 Å². The molecule has 8 heteroatoms. The van der Waals surface area contributed by atoms with E-state index in [0.29, 0.717) is 6.07 Å². The van der Waals surface area contributed by atoms with Crippen molar-refractivity contribution < 1.29 is 18.0 Å². The minimum Gasteiger partial charge on any atom is -0.397 e. The number of nitrogen functional groups attached to an aromatic ring is 1. The van der Waals surface area contributed by atoms with Gasteiger partial charge < -0.3 is 5.73 Å². The summed E-state index contributed by atoms with van der Waals surface area (Å²) in [6.45, 7) is 0. The zero-order chi connectivity index (χ0) is 13.4. The number of hydrogen-bond acceptors (Lipinski definition) is 2. The van der Waals surface area contributed by atoms with E-state index >= 15 is 0 Å². The maximum Gasteiger partial charge on any atom is 0.418 e. The van der Waals surface area contributed by atoms with E-state index in [-0.39, 0.29) is 10.6 Å². The zero-order valence-electron chi connectivity index (χ0n) is 7.99. The number of rotatable bonds is 2. The van der Waals surface area contributed by atoms with Crippen LogP contribution in [0.25, 0.3) is 0 Å². The smallest absolute Gasteiger partial charge is 0.397 e. The normalized spacial score (nSPS) is 11.9. The Hall–Kier alpha value is -0.270. The van der Waals surface area contributed by atoms with Gasteiger partial charge in [0.2, 0.25) is 0 Å². The summed E-state index contributed by atoms with van der Waals surface area (Å²) in [4.78, 5) is 11.5. The van der Waals surface area contributed by atoms with E-state index in [1.165, 1.54) is 0 Å². The van der Waals surface area contributed by atoms with Gasteiger partial charge >= 0.3 is 6.18 Å². The molecular formula is C9H5Br2ClF3NO. The van der Waals surface area contributed by atoms with E-state index in [1.807, 2.05) is 0 Å². The topological polar surface area (TPSA) is 43.1 Å². The van der Waals surface area contributed by atoms with Gasteiger partial charge in [-0.25, -0.2) is 0 Å². The number of anilines is 1. The molecule has 0 aliphatic rings. The van der Waals surface area contributed by atoms with Crippen LogP contribution in [0.4, 0.5) is 18.9 Å². The number of nitrogens with two attached hydrogens (primary N) is 1. The fraction of sp³-hybridized carbons (Fsp3) is 0.222. The number of hydrogen-bond donors (Lipinski definition) is 1. The first-order valence-corrected chi connectivity index (χ1v) is 6.34. The van der Waals surface area contributed by atoms with Gasteiger partial charge in [-0.3, -0.25) is 4.79 Å². The molecule has 1 aromatic carbocycles. The van der Waals surface area contributed by atoms with Crippen LogP contribution in [0.1, 0.15) is 15.9 Å². The van der Waals surface area contributed by atoms with Crippen LogP contribution in [0, 0.1) is 0 Å². The second-order valence-corrected chi connectivity index (χ2v) is 6.55. The highest BCUT2D eigenvalue weighted by molar-refractivity contribution is 9.25. The van der Waals surface area contributed by atoms with E-state index in [1.54, 1.807) is 0 Å². The van der Waals surface area contributed by atoms with Crippen molar-refractivity contribution in [3.05, 3.63) is 28.3 Å². The third-order valence-corrected chi connectivity index (χ3v) is 3.06. The van der Waals surface area contributed by atoms with Crippen LogP contribution < -0.4 is 5.73 Å². The molecule has 0 bridgehead atoms. The van der Waals surface area contributed by atoms with Crippen molar-refractivity contribution in [2.45, 2.75) is 9.91 Å². The highest BCUT2D eigenvalue weighted by Crippen LogP contribution is 2.38. The second kappa shape index (κ2) is 5.16. The Morgan fingerprint density at radius 2 is 1.88 bits per heavy atom. The minimum atomic E-state index is -4.65. The van der Waals surface area contributed by atoms with Crippen LogP contribution in [0.3, 0.4) is 0 Å². The average molecular weight is 395 g/mol. The molecule has 94 valence electrons. The quantitative estimate of drug-likeness (QED) is 0.462. The van der Waals surface area contributed by atoms with Crippen molar-refractivity contribution >= 4 is 54.9 Å². The SMILES string of the molecule is Nc1c(Cl)cc(C(=O)C(Br)Br)cc1C(F)(F)F. The molecule has 17 heavy (non-hydrogen) atoms. The molecule has 1 rings (SSSR count). The van der Waals surface area contributed by atoms with Gasteiger partial charge in [0.15, 0.2) is 5.78 Å². The average Bonchev–Trinajstić information content (AvgIpc) is 2.18. The molecule has 0 heterocycles. The lowest BCUT2D eigenvalue weighted by Gasteiger charge is -2.13. The zero-order valence-corrected chi connectivity index (χ0v) is 11.9. The van der Waals surface area contributed by atoms with E-state index in [0.717, 1.165) is 6.07 Å². The first-order chi connectivity index (χ1) is 7.64. The first-order valence-electron chi connectivity index (χ1n) is 4.13. The van der Waals surface area contributed by atoms with Gasteiger partial charge in [-0.2, -0.15) is 13.2 Å². The van der Waals surface area contributed by atoms with Crippen LogP contribution >= 0.6 is 43.5 Å². The van der Waals surface area contributed by atoms with E-state index in [9.17, 15) is 18.0 Å². The molecule has 0 atom stereocenters. The van der Waals surface area contributed by atoms with Crippen LogP contribution in [-0.4, -0.2) is 9.52 Å². The number of Topliss-reactive ketones (excluding diaryl/α,β-unsaturated/α-hetero) is 1. The molecule has 0 aromatic heterocycles. The van der Waals surface area contributed by atoms with Gasteiger partial charge in [0.05, 0.1) is 16.3 Å². The second-order valence-electron chi connectivity index (χ2n) is 3.08. The molecule has 0 fully saturated rings. The molecule has 0 spiro atoms. The lowest BCUT2D eigenvalue weighted by Crippen LogP contribution is -2.13. The highest BCUT2D eigenvalue weighted by atomic mass is 79.9. The molecular weight excluding hydrogens is 390 g/mol. The van der Waals surface area contributed by atoms with Crippen molar-refractivity contribution in [2.24, 2.45) is 0 Å². The molecule has 0 radical (unpaired) electrons. The van der Waals surface area contributed by atoms with E-state index in [2.05, 4.69) is 31.9 Å². The monoisotopic (exact) mass is 393 g/mol. The summed E-state index contributed by atoms with van der Waals surface area (Å²) in [5.41, 5.74) is 3.35. The fourth-order valence-corrected chi connectivity index (χ4v) is 1.87. The standard InChI is InChI=1S/C9H5Br2ClF3NO/c10-8(11)7(17)3-1-4(9(13,14)15)6(16)5(12)2-3/h1-2,8H,16H2. The molecule has 0 unspecified atom stereocenters. The number of carbonyl (C=O) groups excluding carboxylic acids is 1. The fourth-order valence-electron chi connectivity index (χ4n) is 1.12. The Morgan fingerprint density at radius 3 is 2.29 bits per heavy atom. The Balaban J connectivity index is 3.39. The van der Waals surface area contributed by atoms with Crippen molar-refractivity contribution in [3.63, 3.8) is 0 Å². The number of alkyl halides is 5. The maximum atomic E-state index is 12.6. The number of carbonyl (C=O) groups is 1. The van der Waals surface area contributed by atoms with E-state index < -0.39 is 26.9 Å². The molecule has 0 amide bonds. The van der Waals surface area contributed by atoms with Gasteiger partial charge in [-0.15, -0.1) is 0 Å². The molecule has 0 saturated heterocycles. The Morgan fingerprint density at radius 1 is 1.35 bits per heavy atom. The molecule has 2 N–H and O–H groups in total. The van der Waals surface area contributed by atoms with Gasteiger partial charge in [0, 0.05) is 5.56 Å². The summed E-state index contributed by atoms with van der Waals surface area (Å²) in [6, 6.07) is 1.78. The summed E-state index contributed by atoms with van der Waals surface area (Å²) >= 11 is 11.4. The predicted molar refractivity (Wildman–Crippen MR) is 66.8 cm³/mol. The number of benzene rings is 1. The predicted octanol–water partition coefficient (Wildman–Crippen LogP) is 4.24. The Labute approximate surface area is 117 Å². The lowest BCUT2D eigenvalue weighted by atomic mass is 10.1. The summed E-state index contributed by atoms with van der Waals surface area (Å²) < 4.78 is 37.0. The summed E-state index contributed by atoms with van der Waals surface area (Å²) in [5.74, 6) is -0.572. The van der Waals surface area contributed by atoms with Crippen LogP contribution in [-0.2, 0) is 6.18 Å². The third kappa shape index (κ3) is 3.35. The van der Waals surface area contributed by atoms with Crippen molar-refractivity contribution in [1.29, 1.82) is 0 Å². The van der Waals surface area contributed by atoms with Crippen molar-refractivity contribution in [3.8, 4) is 0 Å². The maximum absolute atomic E-state index is 12.6. The molecule has 0 saturated carbocycles. The van der Waals surface area contributed by atoms with Crippen LogP contribution in [0.15, 0.2) is 12.1 Å². The first kappa shape index (κ1) is 14.8. The van der Waals surface area contributed by atoms with Crippen molar-refractivity contribution in [1.82, 2.24) is 0 Å².